The molecule has 14 heavy (non-hydrogen) atoms. The zero-order valence-corrected chi connectivity index (χ0v) is 9.56. The summed E-state index contributed by atoms with van der Waals surface area (Å²) in [5.74, 6) is 3.15. The Bertz CT molecular complexity index is 213. The van der Waals surface area contributed by atoms with Crippen molar-refractivity contribution in [2.24, 2.45) is 5.73 Å². The molecule has 0 rings (SSSR count). The third-order valence-corrected chi connectivity index (χ3v) is 3.15. The Kier molecular flexibility index (Phi) is 7.35. The number of rotatable bonds is 6. The lowest BCUT2D eigenvalue weighted by atomic mass is 10.3. The highest BCUT2D eigenvalue weighted by Crippen LogP contribution is 2.12. The van der Waals surface area contributed by atoms with Crippen LogP contribution in [0.5, 0.6) is 0 Å². The van der Waals surface area contributed by atoms with E-state index < -0.39 is 0 Å². The van der Waals surface area contributed by atoms with E-state index in [2.05, 4.69) is 11.2 Å². The Labute approximate surface area is 90.2 Å². The Morgan fingerprint density at radius 3 is 2.86 bits per heavy atom. The molecule has 0 bridgehead atoms. The van der Waals surface area contributed by atoms with Crippen LogP contribution in [-0.4, -0.2) is 29.5 Å². The quantitative estimate of drug-likeness (QED) is 0.636. The molecule has 3 N–H and O–H groups in total. The number of hydrogen-bond donors (Lipinski definition) is 2. The zero-order chi connectivity index (χ0) is 11.0. The summed E-state index contributed by atoms with van der Waals surface area (Å²) >= 11 is 1.56. The van der Waals surface area contributed by atoms with Crippen LogP contribution in [0.15, 0.2) is 0 Å². The molecule has 0 radical (unpaired) electrons. The van der Waals surface area contributed by atoms with Crippen LogP contribution in [0.2, 0.25) is 0 Å². The Hall–Kier alpha value is -0.660. The molecule has 1 amide bonds. The van der Waals surface area contributed by atoms with Gasteiger partial charge >= 0.3 is 0 Å². The van der Waals surface area contributed by atoms with Crippen LogP contribution in [0.25, 0.3) is 0 Å². The van der Waals surface area contributed by atoms with E-state index >= 15 is 0 Å². The second-order valence-corrected chi connectivity index (χ2v) is 4.44. The average Bonchev–Trinajstić information content (AvgIpc) is 2.21. The van der Waals surface area contributed by atoms with Gasteiger partial charge in [0.15, 0.2) is 0 Å². The fraction of sp³-hybridized carbons (Fsp3) is 0.700. The van der Waals surface area contributed by atoms with E-state index in [4.69, 9.17) is 12.2 Å². The van der Waals surface area contributed by atoms with Crippen LogP contribution >= 0.6 is 11.8 Å². The highest BCUT2D eigenvalue weighted by Gasteiger charge is 2.13. The van der Waals surface area contributed by atoms with Gasteiger partial charge in [-0.1, -0.05) is 12.8 Å². The predicted octanol–water partition coefficient (Wildman–Crippen LogP) is 0.595. The van der Waals surface area contributed by atoms with Crippen molar-refractivity contribution in [3.05, 3.63) is 0 Å². The lowest BCUT2D eigenvalue weighted by Gasteiger charge is -2.13. The van der Waals surface area contributed by atoms with Crippen molar-refractivity contribution >= 4 is 17.7 Å². The van der Waals surface area contributed by atoms with Crippen LogP contribution in [0.1, 0.15) is 20.3 Å². The van der Waals surface area contributed by atoms with Gasteiger partial charge in [-0.25, -0.2) is 0 Å². The van der Waals surface area contributed by atoms with Crippen molar-refractivity contribution in [1.29, 1.82) is 0 Å². The molecule has 80 valence electrons. The van der Waals surface area contributed by atoms with Crippen molar-refractivity contribution in [2.75, 3.05) is 12.3 Å². The fourth-order valence-electron chi connectivity index (χ4n) is 0.743. The Morgan fingerprint density at radius 2 is 2.36 bits per heavy atom. The van der Waals surface area contributed by atoms with Crippen molar-refractivity contribution in [1.82, 2.24) is 5.32 Å². The normalized spacial score (nSPS) is 14.1. The standard InChI is InChI=1S/C10H18N2OS/c1-4-6-12-10(13)8(3)14-7-9(11)5-2/h1,8-9H,5-7,11H2,2-3H3,(H,12,13). The summed E-state index contributed by atoms with van der Waals surface area (Å²) in [6.07, 6.45) is 5.97. The lowest BCUT2D eigenvalue weighted by molar-refractivity contribution is -0.120. The maximum Gasteiger partial charge on any atom is 0.233 e. The summed E-state index contributed by atoms with van der Waals surface area (Å²) in [7, 11) is 0. The van der Waals surface area contributed by atoms with Crippen molar-refractivity contribution in [2.45, 2.75) is 31.6 Å². The number of amides is 1. The highest BCUT2D eigenvalue weighted by molar-refractivity contribution is 8.00. The van der Waals surface area contributed by atoms with Gasteiger partial charge in [0.05, 0.1) is 11.8 Å². The number of terminal acetylenes is 1. The average molecular weight is 214 g/mol. The number of thioether (sulfide) groups is 1. The minimum atomic E-state index is -0.0825. The third kappa shape index (κ3) is 5.90. The maximum absolute atomic E-state index is 11.3. The van der Waals surface area contributed by atoms with E-state index in [1.807, 2.05) is 13.8 Å². The summed E-state index contributed by atoms with van der Waals surface area (Å²) in [5.41, 5.74) is 5.74. The number of nitrogens with two attached hydrogens (primary N) is 1. The molecule has 0 heterocycles. The summed E-state index contributed by atoms with van der Waals surface area (Å²) in [6, 6.07) is 0.169. The molecular formula is C10H18N2OS. The first-order valence-electron chi connectivity index (χ1n) is 4.70. The Balaban J connectivity index is 3.68. The molecular weight excluding hydrogens is 196 g/mol. The van der Waals surface area contributed by atoms with Gasteiger partial charge in [-0.05, 0) is 13.3 Å². The molecule has 0 saturated heterocycles. The van der Waals surface area contributed by atoms with Crippen LogP contribution in [-0.2, 0) is 4.79 Å². The van der Waals surface area contributed by atoms with Crippen LogP contribution < -0.4 is 11.1 Å². The molecule has 3 nitrogen and oxygen atoms in total. The van der Waals surface area contributed by atoms with Gasteiger partial charge < -0.3 is 11.1 Å². The minimum absolute atomic E-state index is 0.0174. The van der Waals surface area contributed by atoms with Crippen molar-refractivity contribution in [3.8, 4) is 12.3 Å². The predicted molar refractivity (Wildman–Crippen MR) is 62.0 cm³/mol. The first-order chi connectivity index (χ1) is 6.61. The number of hydrogen-bond acceptors (Lipinski definition) is 3. The van der Waals surface area contributed by atoms with Crippen molar-refractivity contribution < 1.29 is 4.79 Å². The van der Waals surface area contributed by atoms with Gasteiger partial charge in [0, 0.05) is 11.8 Å². The van der Waals surface area contributed by atoms with E-state index in [0.717, 1.165) is 12.2 Å². The van der Waals surface area contributed by atoms with E-state index in [1.165, 1.54) is 0 Å². The van der Waals surface area contributed by atoms with Gasteiger partial charge in [0.25, 0.3) is 0 Å². The molecule has 0 saturated carbocycles. The molecule has 2 atom stereocenters. The Morgan fingerprint density at radius 1 is 1.71 bits per heavy atom. The first-order valence-corrected chi connectivity index (χ1v) is 5.75. The van der Waals surface area contributed by atoms with Gasteiger partial charge in [0.1, 0.15) is 0 Å². The van der Waals surface area contributed by atoms with E-state index in [1.54, 1.807) is 11.8 Å². The maximum atomic E-state index is 11.3. The number of nitrogens with one attached hydrogen (secondary N) is 1. The van der Waals surface area contributed by atoms with Crippen LogP contribution in [0.4, 0.5) is 0 Å². The molecule has 0 spiro atoms. The largest absolute Gasteiger partial charge is 0.344 e. The zero-order valence-electron chi connectivity index (χ0n) is 8.75. The fourth-order valence-corrected chi connectivity index (χ4v) is 1.75. The van der Waals surface area contributed by atoms with Gasteiger partial charge in [-0.3, -0.25) is 4.79 Å². The molecule has 0 aromatic carbocycles. The summed E-state index contributed by atoms with van der Waals surface area (Å²) in [4.78, 5) is 11.3. The van der Waals surface area contributed by atoms with Gasteiger partial charge in [-0.2, -0.15) is 0 Å². The second kappa shape index (κ2) is 7.72. The first kappa shape index (κ1) is 13.3. The van der Waals surface area contributed by atoms with Gasteiger partial charge in [-0.15, -0.1) is 18.2 Å². The monoisotopic (exact) mass is 214 g/mol. The van der Waals surface area contributed by atoms with E-state index in [9.17, 15) is 4.79 Å². The van der Waals surface area contributed by atoms with Crippen LogP contribution in [0, 0.1) is 12.3 Å². The minimum Gasteiger partial charge on any atom is -0.344 e. The van der Waals surface area contributed by atoms with Crippen molar-refractivity contribution in [3.63, 3.8) is 0 Å². The molecule has 0 aromatic heterocycles. The van der Waals surface area contributed by atoms with Crippen LogP contribution in [0.3, 0.4) is 0 Å². The summed E-state index contributed by atoms with van der Waals surface area (Å²) < 4.78 is 0. The molecule has 0 aliphatic carbocycles. The topological polar surface area (TPSA) is 55.1 Å². The molecule has 0 aliphatic rings. The van der Waals surface area contributed by atoms with E-state index in [-0.39, 0.29) is 17.2 Å². The lowest BCUT2D eigenvalue weighted by Crippen LogP contribution is -2.32. The molecule has 0 fully saturated rings. The highest BCUT2D eigenvalue weighted by atomic mass is 32.2. The summed E-state index contributed by atoms with van der Waals surface area (Å²) in [5, 5.41) is 2.55. The number of carbonyl (C=O) groups is 1. The SMILES string of the molecule is C#CCNC(=O)C(C)SCC(N)CC. The molecule has 0 aliphatic heterocycles. The van der Waals surface area contributed by atoms with Gasteiger partial charge in [0.2, 0.25) is 5.91 Å². The molecule has 4 heteroatoms. The molecule has 2 unspecified atom stereocenters. The number of carbonyl (C=O) groups excluding carboxylic acids is 1. The van der Waals surface area contributed by atoms with E-state index in [0.29, 0.717) is 6.54 Å². The second-order valence-electron chi connectivity index (χ2n) is 3.07. The third-order valence-electron chi connectivity index (χ3n) is 1.82. The molecule has 0 aromatic rings. The smallest absolute Gasteiger partial charge is 0.233 e. The summed E-state index contributed by atoms with van der Waals surface area (Å²) in [6.45, 7) is 4.19.